The van der Waals surface area contributed by atoms with Crippen molar-refractivity contribution in [3.63, 3.8) is 0 Å². The highest BCUT2D eigenvalue weighted by atomic mass is 19.2. The van der Waals surface area contributed by atoms with Gasteiger partial charge in [-0.15, -0.1) is 0 Å². The third kappa shape index (κ3) is 4.13. The first-order valence-electron chi connectivity index (χ1n) is 11.2. The molecule has 0 bridgehead atoms. The molecule has 1 spiro atoms. The number of halogens is 2. The molecule has 31 heavy (non-hydrogen) atoms. The summed E-state index contributed by atoms with van der Waals surface area (Å²) in [4.78, 5) is 0. The van der Waals surface area contributed by atoms with Gasteiger partial charge in [0.25, 0.3) is 0 Å². The van der Waals surface area contributed by atoms with E-state index in [9.17, 15) is 8.78 Å². The molecule has 1 atom stereocenters. The quantitative estimate of drug-likeness (QED) is 0.519. The fraction of sp³-hybridized carbons (Fsp3) is 0.407. The maximum atomic E-state index is 14.4. The summed E-state index contributed by atoms with van der Waals surface area (Å²) in [6.45, 7) is 10.5. The highest BCUT2D eigenvalue weighted by Crippen LogP contribution is 2.63. The van der Waals surface area contributed by atoms with Gasteiger partial charge >= 0.3 is 0 Å². The second-order valence-electron chi connectivity index (χ2n) is 9.61. The van der Waals surface area contributed by atoms with Gasteiger partial charge in [0.15, 0.2) is 11.6 Å². The lowest BCUT2D eigenvalue weighted by atomic mass is 9.70. The number of fused-ring (bicyclic) bond motifs is 1. The van der Waals surface area contributed by atoms with E-state index in [1.54, 1.807) is 6.07 Å². The maximum Gasteiger partial charge on any atom is 0.162 e. The average molecular weight is 423 g/mol. The molecule has 0 radical (unpaired) electrons. The van der Waals surface area contributed by atoms with Gasteiger partial charge in [0.2, 0.25) is 0 Å². The summed E-state index contributed by atoms with van der Waals surface area (Å²) in [7, 11) is 0. The number of hydrogen-bond acceptors (Lipinski definition) is 2. The first kappa shape index (κ1) is 21.6. The van der Waals surface area contributed by atoms with Crippen LogP contribution in [0.4, 0.5) is 14.5 Å². The molecule has 4 rings (SSSR count). The Labute approximate surface area is 184 Å². The summed E-state index contributed by atoms with van der Waals surface area (Å²) in [5, 5.41) is 3.43. The Morgan fingerprint density at radius 3 is 2.39 bits per heavy atom. The fourth-order valence-corrected chi connectivity index (χ4v) is 5.40. The van der Waals surface area contributed by atoms with Crippen molar-refractivity contribution in [1.29, 1.82) is 0 Å². The van der Waals surface area contributed by atoms with Gasteiger partial charge in [-0.3, -0.25) is 0 Å². The summed E-state index contributed by atoms with van der Waals surface area (Å²) in [5.74, 6) is -0.883. The lowest BCUT2D eigenvalue weighted by molar-refractivity contribution is 0.335. The van der Waals surface area contributed by atoms with Crippen molar-refractivity contribution in [2.75, 3.05) is 5.32 Å². The Hall–Kier alpha value is -2.62. The van der Waals surface area contributed by atoms with E-state index in [1.807, 2.05) is 19.1 Å². The van der Waals surface area contributed by atoms with E-state index < -0.39 is 11.6 Å². The van der Waals surface area contributed by atoms with Crippen LogP contribution in [-0.2, 0) is 6.42 Å². The Kier molecular flexibility index (Phi) is 5.67. The van der Waals surface area contributed by atoms with Crippen LogP contribution in [-0.4, -0.2) is 0 Å². The Morgan fingerprint density at radius 1 is 1.13 bits per heavy atom. The van der Waals surface area contributed by atoms with E-state index >= 15 is 0 Å². The number of allylic oxidation sites excluding steroid dienone is 3. The smallest absolute Gasteiger partial charge is 0.162 e. The van der Waals surface area contributed by atoms with E-state index in [-0.39, 0.29) is 11.3 Å². The molecule has 2 aromatic rings. The number of hydrogen-bond donors (Lipinski definition) is 2. The predicted octanol–water partition coefficient (Wildman–Crippen LogP) is 7.14. The Bertz CT molecular complexity index is 1030. The van der Waals surface area contributed by atoms with Crippen LogP contribution >= 0.6 is 0 Å². The van der Waals surface area contributed by atoms with Crippen molar-refractivity contribution in [3.05, 3.63) is 82.7 Å². The Morgan fingerprint density at radius 2 is 1.81 bits per heavy atom. The molecule has 2 aromatic carbocycles. The van der Waals surface area contributed by atoms with Crippen LogP contribution in [0.1, 0.15) is 69.1 Å². The van der Waals surface area contributed by atoms with Crippen molar-refractivity contribution in [2.45, 2.75) is 58.8 Å². The molecular weight excluding hydrogens is 390 g/mol. The molecule has 1 saturated carbocycles. The molecule has 3 N–H and O–H groups in total. The first-order chi connectivity index (χ1) is 14.7. The van der Waals surface area contributed by atoms with Crippen LogP contribution in [0.15, 0.2) is 54.4 Å². The topological polar surface area (TPSA) is 38.0 Å². The zero-order valence-electron chi connectivity index (χ0n) is 18.7. The van der Waals surface area contributed by atoms with Gasteiger partial charge in [-0.2, -0.15) is 0 Å². The number of anilines is 1. The van der Waals surface area contributed by atoms with E-state index in [1.165, 1.54) is 6.07 Å². The Balaban J connectivity index is 1.51. The van der Waals surface area contributed by atoms with Crippen molar-refractivity contribution >= 4 is 11.3 Å². The van der Waals surface area contributed by atoms with Gasteiger partial charge in [0, 0.05) is 17.1 Å². The zero-order valence-corrected chi connectivity index (χ0v) is 18.7. The van der Waals surface area contributed by atoms with Gasteiger partial charge in [0.1, 0.15) is 0 Å². The molecule has 0 aromatic heterocycles. The van der Waals surface area contributed by atoms with E-state index in [2.05, 4.69) is 37.9 Å². The highest BCUT2D eigenvalue weighted by molar-refractivity contribution is 5.70. The zero-order chi connectivity index (χ0) is 22.3. The molecule has 1 unspecified atom stereocenters. The van der Waals surface area contributed by atoms with Gasteiger partial charge < -0.3 is 11.1 Å². The molecule has 4 heteroatoms. The summed E-state index contributed by atoms with van der Waals surface area (Å²) in [5.41, 5.74) is 12.8. The monoisotopic (exact) mass is 422 g/mol. The summed E-state index contributed by atoms with van der Waals surface area (Å²) in [6, 6.07) is 11.3. The minimum atomic E-state index is -0.746. The SMILES string of the molecule is C=C(CC1c2ccc(F)c(F)c2CCC12CC2)Nc1ccc(/C(=C(\C)N)C(C)C)cc1. The summed E-state index contributed by atoms with van der Waals surface area (Å²) >= 11 is 0. The minimum Gasteiger partial charge on any atom is -0.402 e. The van der Waals surface area contributed by atoms with E-state index in [4.69, 9.17) is 5.73 Å². The summed E-state index contributed by atoms with van der Waals surface area (Å²) < 4.78 is 28.2. The molecule has 164 valence electrons. The van der Waals surface area contributed by atoms with Crippen LogP contribution in [0.3, 0.4) is 0 Å². The van der Waals surface area contributed by atoms with Crippen LogP contribution in [0.2, 0.25) is 0 Å². The first-order valence-corrected chi connectivity index (χ1v) is 11.2. The van der Waals surface area contributed by atoms with Crippen molar-refractivity contribution in [3.8, 4) is 0 Å². The van der Waals surface area contributed by atoms with Crippen molar-refractivity contribution < 1.29 is 8.78 Å². The fourth-order valence-electron chi connectivity index (χ4n) is 5.40. The number of benzene rings is 2. The third-order valence-corrected chi connectivity index (χ3v) is 7.08. The molecule has 2 nitrogen and oxygen atoms in total. The minimum absolute atomic E-state index is 0.181. The lowest BCUT2D eigenvalue weighted by Gasteiger charge is -2.35. The van der Waals surface area contributed by atoms with Gasteiger partial charge in [0.05, 0.1) is 0 Å². The highest BCUT2D eigenvalue weighted by Gasteiger charge is 2.52. The summed E-state index contributed by atoms with van der Waals surface area (Å²) in [6.07, 6.45) is 4.58. The molecule has 0 saturated heterocycles. The van der Waals surface area contributed by atoms with E-state index in [0.717, 1.165) is 59.5 Å². The average Bonchev–Trinajstić information content (AvgIpc) is 3.48. The maximum absolute atomic E-state index is 14.4. The molecule has 0 amide bonds. The second kappa shape index (κ2) is 8.14. The molecule has 2 aliphatic carbocycles. The number of nitrogens with two attached hydrogens (primary N) is 1. The molecule has 0 heterocycles. The van der Waals surface area contributed by atoms with Crippen molar-refractivity contribution in [1.82, 2.24) is 0 Å². The molecule has 2 aliphatic rings. The molecular formula is C27H32F2N2. The van der Waals surface area contributed by atoms with Gasteiger partial charge in [-0.25, -0.2) is 8.78 Å². The second-order valence-corrected chi connectivity index (χ2v) is 9.61. The van der Waals surface area contributed by atoms with Crippen LogP contribution in [0.5, 0.6) is 0 Å². The van der Waals surface area contributed by atoms with Crippen molar-refractivity contribution in [2.24, 2.45) is 17.1 Å². The number of rotatable bonds is 6. The van der Waals surface area contributed by atoms with Gasteiger partial charge in [-0.1, -0.05) is 38.6 Å². The lowest BCUT2D eigenvalue weighted by Crippen LogP contribution is -2.24. The van der Waals surface area contributed by atoms with Crippen LogP contribution in [0, 0.1) is 23.0 Å². The van der Waals surface area contributed by atoms with Crippen LogP contribution < -0.4 is 11.1 Å². The molecule has 1 fully saturated rings. The molecule has 0 aliphatic heterocycles. The van der Waals surface area contributed by atoms with Gasteiger partial charge in [-0.05, 0) is 96.7 Å². The largest absolute Gasteiger partial charge is 0.402 e. The third-order valence-electron chi connectivity index (χ3n) is 7.08. The predicted molar refractivity (Wildman–Crippen MR) is 125 cm³/mol. The van der Waals surface area contributed by atoms with E-state index in [0.29, 0.717) is 17.9 Å². The normalized spacial score (nSPS) is 19.7. The standard InChI is InChI=1S/C27H32F2N2/c1-16(2)25(18(4)30)19-5-7-20(8-6-19)31-17(3)15-23-21-9-10-24(28)26(29)22(21)11-12-27(23)13-14-27/h5-10,16,23,31H,3,11-15,30H2,1-2,4H3/b25-18+. The number of nitrogens with one attached hydrogen (secondary N) is 1. The van der Waals surface area contributed by atoms with Crippen LogP contribution in [0.25, 0.3) is 5.57 Å².